The molecule has 0 aliphatic heterocycles. The van der Waals surface area contributed by atoms with Gasteiger partial charge in [-0.15, -0.1) is 0 Å². The smallest absolute Gasteiger partial charge is 0.0627 e. The normalized spacial score (nSPS) is 19.1. The molecule has 0 saturated carbocycles. The van der Waals surface area contributed by atoms with Crippen LogP contribution in [0.5, 0.6) is 0 Å². The van der Waals surface area contributed by atoms with Crippen molar-refractivity contribution in [3.8, 4) is 0 Å². The third-order valence-corrected chi connectivity index (χ3v) is 3.25. The van der Waals surface area contributed by atoms with Crippen molar-refractivity contribution in [3.05, 3.63) is 22.1 Å². The molecule has 2 N–H and O–H groups in total. The zero-order valence-electron chi connectivity index (χ0n) is 7.73. The predicted octanol–water partition coefficient (Wildman–Crippen LogP) is 3.39. The summed E-state index contributed by atoms with van der Waals surface area (Å²) in [7, 11) is 0. The first-order chi connectivity index (χ1) is 5.70. The van der Waals surface area contributed by atoms with Gasteiger partial charge in [-0.05, 0) is 37.5 Å². The van der Waals surface area contributed by atoms with Gasteiger partial charge in [0.2, 0.25) is 0 Å². The van der Waals surface area contributed by atoms with Crippen LogP contribution in [0.15, 0.2) is 22.1 Å². The maximum Gasteiger partial charge on any atom is 0.0627 e. The van der Waals surface area contributed by atoms with Gasteiger partial charge in [0.15, 0.2) is 0 Å². The molecule has 0 radical (unpaired) electrons. The molecule has 2 heteroatoms. The molecule has 0 aromatic rings. The molecule has 1 rings (SSSR count). The molecule has 0 saturated heterocycles. The molecule has 0 aromatic carbocycles. The van der Waals surface area contributed by atoms with Crippen molar-refractivity contribution >= 4 is 11.8 Å². The second-order valence-electron chi connectivity index (χ2n) is 3.33. The summed E-state index contributed by atoms with van der Waals surface area (Å²) in [6.45, 7) is 5.94. The van der Waals surface area contributed by atoms with E-state index in [1.807, 2.05) is 0 Å². The van der Waals surface area contributed by atoms with Crippen LogP contribution >= 0.6 is 11.8 Å². The van der Waals surface area contributed by atoms with E-state index >= 15 is 0 Å². The van der Waals surface area contributed by atoms with Crippen LogP contribution in [0.3, 0.4) is 0 Å². The minimum Gasteiger partial charge on any atom is -0.394 e. The number of allylic oxidation sites excluding steroid dienone is 2. The van der Waals surface area contributed by atoms with Crippen LogP contribution in [0.25, 0.3) is 0 Å². The minimum absolute atomic E-state index is 0.728. The summed E-state index contributed by atoms with van der Waals surface area (Å²) in [6, 6.07) is 0. The van der Waals surface area contributed by atoms with Crippen LogP contribution < -0.4 is 5.73 Å². The Hall–Kier alpha value is -0.370. The third-order valence-electron chi connectivity index (χ3n) is 2.19. The zero-order valence-corrected chi connectivity index (χ0v) is 8.54. The summed E-state index contributed by atoms with van der Waals surface area (Å²) in [4.78, 5) is 1.46. The summed E-state index contributed by atoms with van der Waals surface area (Å²) >= 11 is 1.66. The van der Waals surface area contributed by atoms with Crippen molar-refractivity contribution in [1.29, 1.82) is 0 Å². The lowest BCUT2D eigenvalue weighted by atomic mass is 10.2. The molecule has 0 atom stereocenters. The van der Waals surface area contributed by atoms with Gasteiger partial charge in [0, 0.05) is 0 Å². The van der Waals surface area contributed by atoms with E-state index in [0.29, 0.717) is 0 Å². The fourth-order valence-electron chi connectivity index (χ4n) is 1.50. The van der Waals surface area contributed by atoms with Gasteiger partial charge in [0.25, 0.3) is 0 Å². The Balaban J connectivity index is 2.61. The number of nitrogens with two attached hydrogens (primary N) is 1. The van der Waals surface area contributed by atoms with E-state index in [-0.39, 0.29) is 0 Å². The fraction of sp³-hybridized carbons (Fsp3) is 0.600. The van der Waals surface area contributed by atoms with Crippen molar-refractivity contribution in [1.82, 2.24) is 0 Å². The SMILES string of the molecule is C=C(N)SC1=C(C)CCCCC1. The van der Waals surface area contributed by atoms with E-state index < -0.39 is 0 Å². The van der Waals surface area contributed by atoms with Crippen LogP contribution in [-0.4, -0.2) is 0 Å². The monoisotopic (exact) mass is 183 g/mol. The van der Waals surface area contributed by atoms with Crippen molar-refractivity contribution in [3.63, 3.8) is 0 Å². The van der Waals surface area contributed by atoms with Crippen molar-refractivity contribution in [2.75, 3.05) is 0 Å². The lowest BCUT2D eigenvalue weighted by Gasteiger charge is -2.07. The molecule has 1 aliphatic rings. The first kappa shape index (κ1) is 9.72. The molecule has 0 heterocycles. The van der Waals surface area contributed by atoms with E-state index in [1.54, 1.807) is 11.8 Å². The quantitative estimate of drug-likeness (QED) is 0.710. The average molecular weight is 183 g/mol. The van der Waals surface area contributed by atoms with Gasteiger partial charge >= 0.3 is 0 Å². The highest BCUT2D eigenvalue weighted by Gasteiger charge is 2.08. The third kappa shape index (κ3) is 2.94. The summed E-state index contributed by atoms with van der Waals surface area (Å²) in [5, 5.41) is 0.728. The Morgan fingerprint density at radius 1 is 1.33 bits per heavy atom. The average Bonchev–Trinajstić information content (AvgIpc) is 2.16. The van der Waals surface area contributed by atoms with Gasteiger partial charge in [-0.2, -0.15) is 0 Å². The second kappa shape index (κ2) is 4.61. The summed E-state index contributed by atoms with van der Waals surface area (Å²) in [5.74, 6) is 0. The van der Waals surface area contributed by atoms with Gasteiger partial charge in [0.1, 0.15) is 0 Å². The van der Waals surface area contributed by atoms with Gasteiger partial charge < -0.3 is 5.73 Å². The molecule has 0 aromatic heterocycles. The molecular weight excluding hydrogens is 166 g/mol. The maximum absolute atomic E-state index is 5.57. The van der Waals surface area contributed by atoms with Gasteiger partial charge in [-0.25, -0.2) is 0 Å². The maximum atomic E-state index is 5.57. The molecule has 0 bridgehead atoms. The molecule has 1 aliphatic carbocycles. The lowest BCUT2D eigenvalue weighted by molar-refractivity contribution is 0.710. The zero-order chi connectivity index (χ0) is 8.97. The number of thioether (sulfide) groups is 1. The topological polar surface area (TPSA) is 26.0 Å². The minimum atomic E-state index is 0.728. The molecule has 12 heavy (non-hydrogen) atoms. The molecule has 1 nitrogen and oxygen atoms in total. The number of hydrogen-bond acceptors (Lipinski definition) is 2. The van der Waals surface area contributed by atoms with Gasteiger partial charge in [-0.1, -0.05) is 30.3 Å². The molecule has 0 fully saturated rings. The van der Waals surface area contributed by atoms with Crippen LogP contribution in [-0.2, 0) is 0 Å². The highest BCUT2D eigenvalue weighted by atomic mass is 32.2. The molecule has 0 spiro atoms. The van der Waals surface area contributed by atoms with E-state index in [0.717, 1.165) is 5.03 Å². The van der Waals surface area contributed by atoms with Crippen molar-refractivity contribution < 1.29 is 0 Å². The fourth-order valence-corrected chi connectivity index (χ4v) is 2.34. The standard InChI is InChI=1S/C10H17NS/c1-8-6-4-3-5-7-10(8)12-9(2)11/h2-7,11H2,1H3. The molecule has 0 unspecified atom stereocenters. The van der Waals surface area contributed by atoms with Gasteiger partial charge in [-0.3, -0.25) is 0 Å². The Bertz CT molecular complexity index is 206. The lowest BCUT2D eigenvalue weighted by Crippen LogP contribution is -1.91. The molecular formula is C10H17NS. The van der Waals surface area contributed by atoms with Crippen LogP contribution in [0.1, 0.15) is 39.0 Å². The summed E-state index contributed by atoms with van der Waals surface area (Å²) in [6.07, 6.45) is 6.46. The van der Waals surface area contributed by atoms with Crippen LogP contribution in [0.2, 0.25) is 0 Å². The van der Waals surface area contributed by atoms with E-state index in [9.17, 15) is 0 Å². The summed E-state index contributed by atoms with van der Waals surface area (Å²) in [5.41, 5.74) is 7.09. The Labute approximate surface area is 79.1 Å². The summed E-state index contributed by atoms with van der Waals surface area (Å²) < 4.78 is 0. The molecule has 68 valence electrons. The van der Waals surface area contributed by atoms with E-state index in [4.69, 9.17) is 5.73 Å². The van der Waals surface area contributed by atoms with E-state index in [1.165, 1.54) is 42.6 Å². The largest absolute Gasteiger partial charge is 0.394 e. The van der Waals surface area contributed by atoms with Crippen molar-refractivity contribution in [2.45, 2.75) is 39.0 Å². The number of rotatable bonds is 2. The molecule has 0 amide bonds. The predicted molar refractivity (Wildman–Crippen MR) is 56.7 cm³/mol. The number of hydrogen-bond donors (Lipinski definition) is 1. The Kier molecular flexibility index (Phi) is 3.73. The Morgan fingerprint density at radius 3 is 2.67 bits per heavy atom. The van der Waals surface area contributed by atoms with Crippen LogP contribution in [0, 0.1) is 0 Å². The second-order valence-corrected chi connectivity index (χ2v) is 4.55. The Morgan fingerprint density at radius 2 is 2.00 bits per heavy atom. The van der Waals surface area contributed by atoms with Crippen LogP contribution in [0.4, 0.5) is 0 Å². The first-order valence-corrected chi connectivity index (χ1v) is 5.32. The highest BCUT2D eigenvalue weighted by Crippen LogP contribution is 2.33. The van der Waals surface area contributed by atoms with Gasteiger partial charge in [0.05, 0.1) is 5.03 Å². The first-order valence-electron chi connectivity index (χ1n) is 4.51. The highest BCUT2D eigenvalue weighted by molar-refractivity contribution is 8.06. The van der Waals surface area contributed by atoms with E-state index in [2.05, 4.69) is 13.5 Å². The van der Waals surface area contributed by atoms with Crippen molar-refractivity contribution in [2.24, 2.45) is 5.73 Å².